The van der Waals surface area contributed by atoms with E-state index in [0.29, 0.717) is 63.1 Å². The molecule has 518 valence electrons. The maximum Gasteiger partial charge on any atom is 0.253 e. The third-order valence-corrected chi connectivity index (χ3v) is 18.2. The predicted octanol–water partition coefficient (Wildman–Crippen LogP) is 3.42. The van der Waals surface area contributed by atoms with E-state index < -0.39 is 101 Å². The number of likely N-dealkylation sites (tertiary alicyclic amines) is 1. The average Bonchev–Trinajstić information content (AvgIpc) is 1.07. The number of methoxy groups -OCH3 is 1. The van der Waals surface area contributed by atoms with E-state index in [1.54, 1.807) is 21.0 Å². The van der Waals surface area contributed by atoms with Crippen molar-refractivity contribution in [3.05, 3.63) is 76.0 Å². The Kier molecular flexibility index (Phi) is 31.6. The van der Waals surface area contributed by atoms with E-state index in [9.17, 15) is 68.7 Å². The summed E-state index contributed by atoms with van der Waals surface area (Å²) in [6.45, 7) is 6.38. The lowest BCUT2D eigenvalue weighted by Gasteiger charge is -2.43. The lowest BCUT2D eigenvalue weighted by Crippen LogP contribution is -2.53. The van der Waals surface area contributed by atoms with Crippen LogP contribution in [0.5, 0.6) is 17.2 Å². The van der Waals surface area contributed by atoms with Gasteiger partial charge in [0, 0.05) is 133 Å². The number of aliphatic hydroxyl groups is 3. The molecule has 0 saturated carbocycles. The first-order valence-electron chi connectivity index (χ1n) is 31.8. The van der Waals surface area contributed by atoms with Crippen LogP contribution in [0.25, 0.3) is 0 Å². The predicted molar refractivity (Wildman–Crippen MR) is 356 cm³/mol. The van der Waals surface area contributed by atoms with Gasteiger partial charge in [-0.15, -0.1) is 11.8 Å². The highest BCUT2D eigenvalue weighted by Crippen LogP contribution is 2.53. The zero-order valence-electron chi connectivity index (χ0n) is 54.4. The number of phenolic OH excluding ortho intramolecular Hbond substituents is 2. The minimum atomic E-state index is -2.19. The number of aliphatic hydroxyl groups excluding tert-OH is 2. The molecule has 0 aromatic heterocycles. The maximum atomic E-state index is 14.1. The van der Waals surface area contributed by atoms with Crippen LogP contribution in [0, 0.1) is 0 Å². The van der Waals surface area contributed by atoms with Crippen molar-refractivity contribution in [3.63, 3.8) is 0 Å². The first kappa shape index (κ1) is 77.5. The van der Waals surface area contributed by atoms with Crippen molar-refractivity contribution in [1.29, 1.82) is 0 Å². The number of imide groups is 2. The number of aliphatic imine (C=N–C) groups is 1. The Bertz CT molecular complexity index is 3110. The average molecular weight is 1350 g/mol. The number of thioether (sulfide) groups is 1. The summed E-state index contributed by atoms with van der Waals surface area (Å²) >= 11 is 5.57. The number of rotatable bonds is 33. The van der Waals surface area contributed by atoms with Gasteiger partial charge < -0.3 is 67.2 Å². The number of unbranched alkanes of at least 4 members (excludes halogenated alkanes) is 6. The van der Waals surface area contributed by atoms with Crippen molar-refractivity contribution in [3.8, 4) is 17.2 Å². The van der Waals surface area contributed by atoms with Crippen LogP contribution in [0.3, 0.4) is 0 Å². The Balaban J connectivity index is 0.000000557. The number of hydrogen-bond acceptors (Lipinski definition) is 23. The molecule has 0 radical (unpaired) electrons. The van der Waals surface area contributed by atoms with Crippen LogP contribution < -0.4 is 37.6 Å². The number of hydrazone groups is 1. The molecule has 3 heterocycles. The van der Waals surface area contributed by atoms with Crippen LogP contribution in [-0.4, -0.2) is 201 Å². The number of carbonyl (C=O) groups excluding carboxylic acids is 9. The molecular formula is C65H94N10O17S2. The highest BCUT2D eigenvalue weighted by atomic mass is 32.2. The summed E-state index contributed by atoms with van der Waals surface area (Å²) < 4.78 is 17.5. The molecule has 13 N–H and O–H groups in total. The molecule has 29 heteroatoms. The second kappa shape index (κ2) is 38.3. The Morgan fingerprint density at radius 3 is 2.10 bits per heavy atom. The minimum absolute atomic E-state index is 0.0182. The molecule has 3 aliphatic heterocycles. The standard InChI is InChI=1S/C48H65N7O14S.C12H24N2OS.C5H5NO2/c1-25-42(60)28(49)20-37(68-25)69-30-23-48(66,22-27-39(30)46(64)41-40(44(27)62)43(61)26-12-10-13-29(67-3)38(26)45(41)63)32(24-56)53-54-35(58)16-7-5-9-18-55-36(59)21-31(47(55)65)70-19-11-14-33(50)52-17-8-4-6-15-34(57)51-2;1-11(7-6-10-16)14-9-5-3-4-8-12(15)13-2;1-6-4(7)2-3-5(6)8/h10,12-13,25,28,30-31,37,42,56,60,62,64,66H,4-9,11,14-24,49H2,1-3H3,(H2,50,52)(H,51,57)(H,54,58);14,16H,1,3-10H2,2H3,(H,13,15);2-3H,1H3/b53-32+;;/t25-,28-,30-,31?,37-,42+,48-;;/m1../s1. The lowest BCUT2D eigenvalue weighted by atomic mass is 9.71. The van der Waals surface area contributed by atoms with Gasteiger partial charge in [-0.3, -0.25) is 57.9 Å². The summed E-state index contributed by atoms with van der Waals surface area (Å²) in [6, 6.07) is 3.56. The first-order chi connectivity index (χ1) is 44.9. The number of hydrogen-bond donors (Lipinski definition) is 12. The van der Waals surface area contributed by atoms with E-state index >= 15 is 0 Å². The van der Waals surface area contributed by atoms with Gasteiger partial charge in [-0.1, -0.05) is 38.0 Å². The van der Waals surface area contributed by atoms with Crippen LogP contribution in [-0.2, 0) is 49.5 Å². The van der Waals surface area contributed by atoms with Gasteiger partial charge in [-0.05, 0) is 82.3 Å². The van der Waals surface area contributed by atoms with Gasteiger partial charge in [0.2, 0.25) is 35.3 Å². The Morgan fingerprint density at radius 1 is 0.851 bits per heavy atom. The van der Waals surface area contributed by atoms with Crippen molar-refractivity contribution in [2.24, 2.45) is 21.6 Å². The maximum absolute atomic E-state index is 14.1. The van der Waals surface area contributed by atoms with Crippen LogP contribution in [0.2, 0.25) is 0 Å². The fraction of sp³-hybridized carbons (Fsp3) is 0.585. The van der Waals surface area contributed by atoms with Gasteiger partial charge in [-0.25, -0.2) is 5.43 Å². The van der Waals surface area contributed by atoms with E-state index in [2.05, 4.69) is 50.7 Å². The second-order valence-electron chi connectivity index (χ2n) is 23.5. The summed E-state index contributed by atoms with van der Waals surface area (Å²) in [5, 5.41) is 69.2. The number of amidine groups is 1. The number of nitrogens with two attached hydrogens (primary N) is 2. The SMILES string of the molecule is C=C(CCCS)NCCCCCC(=O)NC.CN1C(=O)C=CC1=O.CNC(=O)CCCCCN=C(N)CCCSC1CC(=O)N(CCCCCC(=O)N/N=C(\CO)[C@@]2(O)Cc3c(O)c4c(c(O)c3[C@H](O[C@@H]3C[C@@H](N)[C@@H](O)[C@@H](C)O3)C2)C(=O)c2c(OC)cccc2C4=O)C1=O. The third-order valence-electron chi connectivity index (χ3n) is 16.6. The molecule has 2 aromatic rings. The molecule has 1 unspecified atom stereocenters. The Hall–Kier alpha value is -7.25. The fourth-order valence-electron chi connectivity index (χ4n) is 11.1. The van der Waals surface area contributed by atoms with Crippen molar-refractivity contribution in [2.75, 3.05) is 66.0 Å². The van der Waals surface area contributed by atoms with Crippen molar-refractivity contribution < 1.29 is 82.9 Å². The first-order valence-corrected chi connectivity index (χ1v) is 33.5. The highest BCUT2D eigenvalue weighted by Gasteiger charge is 2.50. The van der Waals surface area contributed by atoms with E-state index in [4.69, 9.17) is 25.7 Å². The van der Waals surface area contributed by atoms with Gasteiger partial charge in [-0.2, -0.15) is 17.7 Å². The number of ether oxygens (including phenoxy) is 3. The summed E-state index contributed by atoms with van der Waals surface area (Å²) in [5.74, 6) is -2.27. The van der Waals surface area contributed by atoms with Crippen molar-refractivity contribution in [1.82, 2.24) is 31.2 Å². The smallest absolute Gasteiger partial charge is 0.253 e. The van der Waals surface area contributed by atoms with E-state index in [-0.39, 0.29) is 95.0 Å². The molecule has 7 amide bonds. The molecular weight excluding hydrogens is 1260 g/mol. The zero-order chi connectivity index (χ0) is 69.2. The Labute approximate surface area is 558 Å². The van der Waals surface area contributed by atoms with Crippen LogP contribution in [0.1, 0.15) is 178 Å². The monoisotopic (exact) mass is 1350 g/mol. The number of aromatic hydroxyl groups is 2. The normalized spacial score (nSPS) is 21.6. The number of benzene rings is 2. The molecule has 0 bridgehead atoms. The number of nitrogens with one attached hydrogen (secondary N) is 4. The molecule has 5 aliphatic rings. The number of allylic oxidation sites excluding steroid dienone is 1. The number of ketones is 2. The van der Waals surface area contributed by atoms with Gasteiger partial charge in [0.25, 0.3) is 11.8 Å². The van der Waals surface area contributed by atoms with E-state index in [1.165, 1.54) is 61.2 Å². The fourth-order valence-corrected chi connectivity index (χ4v) is 12.4. The van der Waals surface area contributed by atoms with Crippen LogP contribution in [0.15, 0.2) is 52.7 Å². The Morgan fingerprint density at radius 2 is 1.49 bits per heavy atom. The van der Waals surface area contributed by atoms with Gasteiger partial charge in [0.1, 0.15) is 22.8 Å². The molecule has 7 atom stereocenters. The molecule has 0 spiro atoms. The lowest BCUT2D eigenvalue weighted by molar-refractivity contribution is -0.245. The van der Waals surface area contributed by atoms with Crippen molar-refractivity contribution in [2.45, 2.75) is 177 Å². The molecule has 2 aliphatic carbocycles. The second-order valence-corrected chi connectivity index (χ2v) is 25.2. The number of nitrogens with zero attached hydrogens (tertiary/aromatic N) is 4. The molecule has 2 fully saturated rings. The number of likely N-dealkylation sites (N-methyl/N-ethyl adjacent to an activating group) is 1. The molecule has 94 heavy (non-hydrogen) atoms. The number of phenols is 2. The number of amides is 7. The van der Waals surface area contributed by atoms with Gasteiger partial charge >= 0.3 is 0 Å². The third kappa shape index (κ3) is 21.6. The topological polar surface area (TPSA) is 414 Å². The summed E-state index contributed by atoms with van der Waals surface area (Å²) in [6.07, 6.45) is 8.60. The van der Waals surface area contributed by atoms with Crippen LogP contribution in [0.4, 0.5) is 0 Å². The van der Waals surface area contributed by atoms with Crippen LogP contribution >= 0.6 is 24.4 Å². The molecule has 2 aromatic carbocycles. The largest absolute Gasteiger partial charge is 0.507 e. The van der Waals surface area contributed by atoms with Gasteiger partial charge in [0.15, 0.2) is 12.1 Å². The van der Waals surface area contributed by atoms with E-state index in [0.717, 1.165) is 74.3 Å². The zero-order valence-corrected chi connectivity index (χ0v) is 56.1. The van der Waals surface area contributed by atoms with E-state index in [1.807, 2.05) is 0 Å². The molecule has 2 saturated heterocycles. The van der Waals surface area contributed by atoms with Gasteiger partial charge in [0.05, 0.1) is 65.5 Å². The number of carbonyl (C=O) groups is 9. The summed E-state index contributed by atoms with van der Waals surface area (Å²) in [5.41, 5.74) is 11.6. The quantitative estimate of drug-likeness (QED) is 0.00790. The molecule has 7 rings (SSSR count). The number of thiol groups is 1. The van der Waals surface area contributed by atoms with Crippen molar-refractivity contribution >= 4 is 88.9 Å². The summed E-state index contributed by atoms with van der Waals surface area (Å²) in [7, 11) is 6.05. The molecule has 27 nitrogen and oxygen atoms in total. The minimum Gasteiger partial charge on any atom is -0.507 e. The summed E-state index contributed by atoms with van der Waals surface area (Å²) in [4.78, 5) is 117. The number of fused-ring (bicyclic) bond motifs is 3. The highest BCUT2D eigenvalue weighted by molar-refractivity contribution is 8.00.